The number of fused-ring (bicyclic) bond motifs is 1. The Kier molecular flexibility index (Phi) is 6.47. The molecule has 1 aliphatic heterocycles. The van der Waals surface area contributed by atoms with Crippen molar-refractivity contribution in [2.24, 2.45) is 0 Å². The molecule has 1 heterocycles. The van der Waals surface area contributed by atoms with Crippen molar-refractivity contribution in [2.75, 3.05) is 31.6 Å². The number of benzene rings is 2. The van der Waals surface area contributed by atoms with Gasteiger partial charge in [0.2, 0.25) is 0 Å². The molecule has 0 N–H and O–H groups in total. The summed E-state index contributed by atoms with van der Waals surface area (Å²) in [7, 11) is -0.708. The van der Waals surface area contributed by atoms with Crippen molar-refractivity contribution >= 4 is 21.6 Å². The SMILES string of the molecule is CCCCN(C)C(=O)c1ccc(OC)c(S(=O)(=O)N2CCCc3ccccc32)c1. The molecule has 0 radical (unpaired) electrons. The van der Waals surface area contributed by atoms with E-state index in [4.69, 9.17) is 4.74 Å². The molecule has 0 atom stereocenters. The van der Waals surface area contributed by atoms with Crippen LogP contribution in [-0.2, 0) is 16.4 Å². The molecule has 2 aromatic rings. The van der Waals surface area contributed by atoms with Gasteiger partial charge in [0, 0.05) is 25.7 Å². The highest BCUT2D eigenvalue weighted by Crippen LogP contribution is 2.35. The van der Waals surface area contributed by atoms with Crippen LogP contribution in [0.2, 0.25) is 0 Å². The van der Waals surface area contributed by atoms with Crippen LogP contribution in [0.5, 0.6) is 5.75 Å². The van der Waals surface area contributed by atoms with Crippen LogP contribution in [0.1, 0.15) is 42.1 Å². The minimum atomic E-state index is -3.88. The minimum Gasteiger partial charge on any atom is -0.495 e. The Bertz CT molecular complexity index is 988. The van der Waals surface area contributed by atoms with E-state index in [-0.39, 0.29) is 16.6 Å². The van der Waals surface area contributed by atoms with Crippen molar-refractivity contribution in [3.8, 4) is 5.75 Å². The normalized spacial score (nSPS) is 13.7. The molecule has 1 aliphatic rings. The number of para-hydroxylation sites is 1. The van der Waals surface area contributed by atoms with E-state index in [2.05, 4.69) is 6.92 Å². The number of aryl methyl sites for hydroxylation is 1. The monoisotopic (exact) mass is 416 g/mol. The van der Waals surface area contributed by atoms with E-state index in [0.29, 0.717) is 24.3 Å². The highest BCUT2D eigenvalue weighted by Gasteiger charge is 2.32. The molecule has 29 heavy (non-hydrogen) atoms. The van der Waals surface area contributed by atoms with Gasteiger partial charge in [-0.2, -0.15) is 0 Å². The molecule has 3 rings (SSSR count). The van der Waals surface area contributed by atoms with Crippen LogP contribution in [-0.4, -0.2) is 46.5 Å². The molecule has 0 unspecified atom stereocenters. The summed E-state index contributed by atoms with van der Waals surface area (Å²) in [5, 5.41) is 0. The number of unbranched alkanes of at least 4 members (excludes halogenated alkanes) is 1. The number of sulfonamides is 1. The maximum atomic E-state index is 13.6. The fourth-order valence-electron chi connectivity index (χ4n) is 3.60. The number of ether oxygens (including phenoxy) is 1. The zero-order valence-corrected chi connectivity index (χ0v) is 18.0. The first-order valence-electron chi connectivity index (χ1n) is 9.94. The van der Waals surface area contributed by atoms with Crippen molar-refractivity contribution in [2.45, 2.75) is 37.5 Å². The maximum absolute atomic E-state index is 13.6. The van der Waals surface area contributed by atoms with Crippen molar-refractivity contribution in [1.29, 1.82) is 0 Å². The fourth-order valence-corrected chi connectivity index (χ4v) is 5.32. The average molecular weight is 417 g/mol. The predicted octanol–water partition coefficient (Wildman–Crippen LogP) is 3.71. The Morgan fingerprint density at radius 2 is 1.97 bits per heavy atom. The summed E-state index contributed by atoms with van der Waals surface area (Å²) in [6.45, 7) is 3.09. The maximum Gasteiger partial charge on any atom is 0.268 e. The molecular weight excluding hydrogens is 388 g/mol. The van der Waals surface area contributed by atoms with Gasteiger partial charge in [0.05, 0.1) is 12.8 Å². The van der Waals surface area contributed by atoms with Gasteiger partial charge in [-0.25, -0.2) is 8.42 Å². The second kappa shape index (κ2) is 8.86. The number of anilines is 1. The second-order valence-corrected chi connectivity index (χ2v) is 9.09. The topological polar surface area (TPSA) is 66.9 Å². The summed E-state index contributed by atoms with van der Waals surface area (Å²) < 4.78 is 33.9. The molecule has 0 saturated heterocycles. The van der Waals surface area contributed by atoms with E-state index in [1.165, 1.54) is 17.5 Å². The van der Waals surface area contributed by atoms with Gasteiger partial charge >= 0.3 is 0 Å². The van der Waals surface area contributed by atoms with Gasteiger partial charge in [0.15, 0.2) is 0 Å². The number of rotatable bonds is 7. The number of carbonyl (C=O) groups excluding carboxylic acids is 1. The molecule has 6 nitrogen and oxygen atoms in total. The van der Waals surface area contributed by atoms with Crippen molar-refractivity contribution < 1.29 is 17.9 Å². The van der Waals surface area contributed by atoms with E-state index in [0.717, 1.165) is 31.2 Å². The number of carbonyl (C=O) groups is 1. The largest absolute Gasteiger partial charge is 0.495 e. The molecule has 1 amide bonds. The van der Waals surface area contributed by atoms with Crippen LogP contribution in [0.3, 0.4) is 0 Å². The highest BCUT2D eigenvalue weighted by atomic mass is 32.2. The first-order valence-corrected chi connectivity index (χ1v) is 11.4. The zero-order valence-electron chi connectivity index (χ0n) is 17.2. The summed E-state index contributed by atoms with van der Waals surface area (Å²) in [4.78, 5) is 14.4. The van der Waals surface area contributed by atoms with Crippen LogP contribution in [0, 0.1) is 0 Å². The van der Waals surface area contributed by atoms with E-state index in [1.807, 2.05) is 24.3 Å². The Labute approximate surface area is 173 Å². The van der Waals surface area contributed by atoms with Crippen LogP contribution in [0.4, 0.5) is 5.69 Å². The van der Waals surface area contributed by atoms with Crippen molar-refractivity contribution in [1.82, 2.24) is 4.90 Å². The lowest BCUT2D eigenvalue weighted by Crippen LogP contribution is -2.36. The molecule has 0 saturated carbocycles. The summed E-state index contributed by atoms with van der Waals surface area (Å²) >= 11 is 0. The highest BCUT2D eigenvalue weighted by molar-refractivity contribution is 7.93. The molecule has 0 spiro atoms. The summed E-state index contributed by atoms with van der Waals surface area (Å²) in [6.07, 6.45) is 3.47. The third-order valence-corrected chi connectivity index (χ3v) is 7.07. The third-order valence-electron chi connectivity index (χ3n) is 5.24. The lowest BCUT2D eigenvalue weighted by Gasteiger charge is -2.31. The number of nitrogens with zero attached hydrogens (tertiary/aromatic N) is 2. The Morgan fingerprint density at radius 3 is 2.69 bits per heavy atom. The van der Waals surface area contributed by atoms with E-state index in [1.54, 1.807) is 24.1 Å². The van der Waals surface area contributed by atoms with Gasteiger partial charge in [-0.3, -0.25) is 9.10 Å². The van der Waals surface area contributed by atoms with E-state index in [9.17, 15) is 13.2 Å². The molecular formula is C22H28N2O4S. The lowest BCUT2D eigenvalue weighted by atomic mass is 10.0. The first-order chi connectivity index (χ1) is 13.9. The second-order valence-electron chi connectivity index (χ2n) is 7.26. The molecule has 0 aliphatic carbocycles. The third kappa shape index (κ3) is 4.24. The summed E-state index contributed by atoms with van der Waals surface area (Å²) in [5.41, 5.74) is 2.04. The van der Waals surface area contributed by atoms with E-state index < -0.39 is 10.0 Å². The number of hydrogen-bond acceptors (Lipinski definition) is 4. The summed E-state index contributed by atoms with van der Waals surface area (Å²) in [5.74, 6) is 0.0393. The Morgan fingerprint density at radius 1 is 1.21 bits per heavy atom. The molecule has 2 aromatic carbocycles. The minimum absolute atomic E-state index is 0.0199. The van der Waals surface area contributed by atoms with Crippen molar-refractivity contribution in [3.63, 3.8) is 0 Å². The molecule has 7 heteroatoms. The van der Waals surface area contributed by atoms with Gasteiger partial charge in [0.25, 0.3) is 15.9 Å². The van der Waals surface area contributed by atoms with Gasteiger partial charge < -0.3 is 9.64 Å². The standard InChI is InChI=1S/C22H28N2O4S/c1-4-5-14-23(2)22(25)18-12-13-20(28-3)21(16-18)29(26,27)24-15-8-10-17-9-6-7-11-19(17)24/h6-7,9,11-13,16H,4-5,8,10,14-15H2,1-3H3. The Balaban J connectivity index is 2.02. The van der Waals surface area contributed by atoms with Gasteiger partial charge in [0.1, 0.15) is 10.6 Å². The van der Waals surface area contributed by atoms with Crippen molar-refractivity contribution in [3.05, 3.63) is 53.6 Å². The van der Waals surface area contributed by atoms with Gasteiger partial charge in [-0.15, -0.1) is 0 Å². The zero-order chi connectivity index (χ0) is 21.0. The average Bonchev–Trinajstić information content (AvgIpc) is 2.75. The smallest absolute Gasteiger partial charge is 0.268 e. The quantitative estimate of drug-likeness (QED) is 0.690. The van der Waals surface area contributed by atoms with E-state index >= 15 is 0 Å². The van der Waals surface area contributed by atoms with Crippen LogP contribution >= 0.6 is 0 Å². The first kappa shape index (κ1) is 21.2. The number of methoxy groups -OCH3 is 1. The van der Waals surface area contributed by atoms with Crippen LogP contribution in [0.25, 0.3) is 0 Å². The molecule has 0 fully saturated rings. The van der Waals surface area contributed by atoms with Gasteiger partial charge in [-0.05, 0) is 49.1 Å². The number of amides is 1. The van der Waals surface area contributed by atoms with Crippen LogP contribution in [0.15, 0.2) is 47.4 Å². The Hall–Kier alpha value is -2.54. The fraction of sp³-hybridized carbons (Fsp3) is 0.409. The number of hydrogen-bond donors (Lipinski definition) is 0. The van der Waals surface area contributed by atoms with Crippen LogP contribution < -0.4 is 9.04 Å². The molecule has 0 aromatic heterocycles. The molecule has 0 bridgehead atoms. The summed E-state index contributed by atoms with van der Waals surface area (Å²) in [6, 6.07) is 12.2. The lowest BCUT2D eigenvalue weighted by molar-refractivity contribution is 0.0793. The predicted molar refractivity (Wildman–Crippen MR) is 114 cm³/mol. The van der Waals surface area contributed by atoms with Gasteiger partial charge in [-0.1, -0.05) is 31.5 Å². The molecule has 156 valence electrons.